The molecule has 0 spiro atoms. The molecular formula is C4H8N2O. The summed E-state index contributed by atoms with van der Waals surface area (Å²) < 4.78 is 0. The second-order valence-corrected chi connectivity index (χ2v) is 1.40. The summed E-state index contributed by atoms with van der Waals surface area (Å²) in [7, 11) is 1.87. The van der Waals surface area contributed by atoms with Gasteiger partial charge in [0.15, 0.2) is 0 Å². The fourth-order valence-electron chi connectivity index (χ4n) is 0.419. The number of hydrogen-bond donors (Lipinski definition) is 1. The predicted molar refractivity (Wildman–Crippen MR) is 26.0 cm³/mol. The third-order valence-corrected chi connectivity index (χ3v) is 0.717. The van der Waals surface area contributed by atoms with Gasteiger partial charge in [-0.2, -0.15) is 0 Å². The normalized spacial score (nSPS) is 20.4. The lowest BCUT2D eigenvalue weighted by molar-refractivity contribution is -0.0477. The van der Waals surface area contributed by atoms with E-state index >= 15 is 0 Å². The van der Waals surface area contributed by atoms with Crippen LogP contribution in [-0.4, -0.2) is 18.7 Å². The SMILES string of the molecule is CN1C=CCON1. The molecule has 3 heteroatoms. The van der Waals surface area contributed by atoms with Gasteiger partial charge in [0.05, 0.1) is 6.61 Å². The van der Waals surface area contributed by atoms with Gasteiger partial charge in [-0.05, 0) is 6.08 Å². The van der Waals surface area contributed by atoms with Gasteiger partial charge in [0, 0.05) is 13.2 Å². The minimum Gasteiger partial charge on any atom is -0.296 e. The van der Waals surface area contributed by atoms with E-state index in [4.69, 9.17) is 4.84 Å². The van der Waals surface area contributed by atoms with Gasteiger partial charge in [0.2, 0.25) is 0 Å². The Morgan fingerprint density at radius 1 is 1.86 bits per heavy atom. The molecule has 3 nitrogen and oxygen atoms in total. The molecule has 1 N–H and O–H groups in total. The molecule has 40 valence electrons. The van der Waals surface area contributed by atoms with Crippen molar-refractivity contribution in [3.8, 4) is 0 Å². The Morgan fingerprint density at radius 2 is 2.71 bits per heavy atom. The molecule has 0 saturated heterocycles. The summed E-state index contributed by atoms with van der Waals surface area (Å²) in [4.78, 5) is 4.77. The summed E-state index contributed by atoms with van der Waals surface area (Å²) in [6, 6.07) is 0. The highest BCUT2D eigenvalue weighted by atomic mass is 16.7. The van der Waals surface area contributed by atoms with Gasteiger partial charge in [-0.15, -0.1) is 5.59 Å². The minimum atomic E-state index is 0.657. The van der Waals surface area contributed by atoms with Crippen LogP contribution in [0.5, 0.6) is 0 Å². The Hall–Kier alpha value is -0.540. The highest BCUT2D eigenvalue weighted by Crippen LogP contribution is 1.85. The van der Waals surface area contributed by atoms with Crippen LogP contribution >= 0.6 is 0 Å². The molecule has 7 heavy (non-hydrogen) atoms. The largest absolute Gasteiger partial charge is 0.296 e. The highest BCUT2D eigenvalue weighted by molar-refractivity contribution is 4.79. The summed E-state index contributed by atoms with van der Waals surface area (Å²) in [6.07, 6.45) is 3.83. The molecule has 0 saturated carbocycles. The van der Waals surface area contributed by atoms with Crippen LogP contribution < -0.4 is 5.59 Å². The smallest absolute Gasteiger partial charge is 0.0902 e. The predicted octanol–water partition coefficient (Wildman–Crippen LogP) is -0.118. The molecule has 0 amide bonds. The number of hydrazine groups is 1. The summed E-state index contributed by atoms with van der Waals surface area (Å²) in [5.74, 6) is 0. The monoisotopic (exact) mass is 100 g/mol. The van der Waals surface area contributed by atoms with E-state index in [1.165, 1.54) is 0 Å². The van der Waals surface area contributed by atoms with E-state index in [1.54, 1.807) is 5.01 Å². The lowest BCUT2D eigenvalue weighted by atomic mass is 10.6. The molecule has 0 aromatic heterocycles. The van der Waals surface area contributed by atoms with Crippen LogP contribution in [-0.2, 0) is 4.84 Å². The van der Waals surface area contributed by atoms with Crippen LogP contribution in [0, 0.1) is 0 Å². The highest BCUT2D eigenvalue weighted by Gasteiger charge is 1.91. The zero-order valence-electron chi connectivity index (χ0n) is 4.22. The van der Waals surface area contributed by atoms with E-state index in [9.17, 15) is 0 Å². The minimum absolute atomic E-state index is 0.657. The van der Waals surface area contributed by atoms with Crippen LogP contribution in [0.2, 0.25) is 0 Å². The molecule has 0 aliphatic carbocycles. The molecule has 1 aliphatic rings. The van der Waals surface area contributed by atoms with Crippen molar-refractivity contribution in [3.63, 3.8) is 0 Å². The Kier molecular flexibility index (Phi) is 1.29. The van der Waals surface area contributed by atoms with Crippen molar-refractivity contribution in [1.82, 2.24) is 10.6 Å². The zero-order valence-corrected chi connectivity index (χ0v) is 4.22. The fraction of sp³-hybridized carbons (Fsp3) is 0.500. The van der Waals surface area contributed by atoms with Crippen LogP contribution in [0.3, 0.4) is 0 Å². The first-order chi connectivity index (χ1) is 3.39. The maximum atomic E-state index is 4.77. The van der Waals surface area contributed by atoms with Gasteiger partial charge in [0.1, 0.15) is 0 Å². The topological polar surface area (TPSA) is 24.5 Å². The van der Waals surface area contributed by atoms with Crippen LogP contribution in [0.15, 0.2) is 12.3 Å². The molecular weight excluding hydrogens is 92.1 g/mol. The first-order valence-corrected chi connectivity index (χ1v) is 2.16. The van der Waals surface area contributed by atoms with E-state index < -0.39 is 0 Å². The average Bonchev–Trinajstić information content (AvgIpc) is 1.69. The molecule has 0 aromatic carbocycles. The van der Waals surface area contributed by atoms with Crippen LogP contribution in [0.1, 0.15) is 0 Å². The first kappa shape index (κ1) is 4.61. The second kappa shape index (κ2) is 1.95. The number of nitrogens with one attached hydrogen (secondary N) is 1. The quantitative estimate of drug-likeness (QED) is 0.459. The summed E-state index contributed by atoms with van der Waals surface area (Å²) in [6.45, 7) is 0.657. The molecule has 0 radical (unpaired) electrons. The van der Waals surface area contributed by atoms with E-state index in [2.05, 4.69) is 5.59 Å². The molecule has 0 bridgehead atoms. The first-order valence-electron chi connectivity index (χ1n) is 2.16. The van der Waals surface area contributed by atoms with Gasteiger partial charge < -0.3 is 0 Å². The van der Waals surface area contributed by atoms with Crippen molar-refractivity contribution in [3.05, 3.63) is 12.3 Å². The number of rotatable bonds is 0. The third-order valence-electron chi connectivity index (χ3n) is 0.717. The summed E-state index contributed by atoms with van der Waals surface area (Å²) in [5, 5.41) is 1.74. The van der Waals surface area contributed by atoms with Crippen molar-refractivity contribution >= 4 is 0 Å². The Balaban J connectivity index is 2.36. The Bertz CT molecular complexity index is 81.8. The van der Waals surface area contributed by atoms with Crippen LogP contribution in [0.25, 0.3) is 0 Å². The number of nitrogens with zero attached hydrogens (tertiary/aromatic N) is 1. The van der Waals surface area contributed by atoms with Crippen molar-refractivity contribution in [2.45, 2.75) is 0 Å². The Labute approximate surface area is 42.5 Å². The van der Waals surface area contributed by atoms with Crippen molar-refractivity contribution < 1.29 is 4.84 Å². The molecule has 0 fully saturated rings. The van der Waals surface area contributed by atoms with Gasteiger partial charge in [-0.1, -0.05) is 0 Å². The Morgan fingerprint density at radius 3 is 3.00 bits per heavy atom. The molecule has 1 aliphatic heterocycles. The molecule has 0 atom stereocenters. The second-order valence-electron chi connectivity index (χ2n) is 1.40. The van der Waals surface area contributed by atoms with Gasteiger partial charge in [-0.25, -0.2) is 0 Å². The molecule has 1 rings (SSSR count). The van der Waals surface area contributed by atoms with Gasteiger partial charge in [-0.3, -0.25) is 9.85 Å². The third kappa shape index (κ3) is 1.17. The van der Waals surface area contributed by atoms with Crippen LogP contribution in [0.4, 0.5) is 0 Å². The van der Waals surface area contributed by atoms with E-state index in [1.807, 2.05) is 19.3 Å². The maximum absolute atomic E-state index is 4.77. The van der Waals surface area contributed by atoms with E-state index in [0.717, 1.165) is 0 Å². The number of hydrogen-bond acceptors (Lipinski definition) is 3. The van der Waals surface area contributed by atoms with E-state index in [-0.39, 0.29) is 0 Å². The zero-order chi connectivity index (χ0) is 5.11. The molecule has 0 aromatic rings. The molecule has 0 unspecified atom stereocenters. The van der Waals surface area contributed by atoms with Crippen molar-refractivity contribution in [2.24, 2.45) is 0 Å². The summed E-state index contributed by atoms with van der Waals surface area (Å²) in [5.41, 5.74) is 2.63. The standard InChI is InChI=1S/C4H8N2O/c1-6-3-2-4-7-5-6/h2-3,5H,4H2,1H3. The van der Waals surface area contributed by atoms with Gasteiger partial charge >= 0.3 is 0 Å². The fourth-order valence-corrected chi connectivity index (χ4v) is 0.419. The lowest BCUT2D eigenvalue weighted by Crippen LogP contribution is -2.32. The van der Waals surface area contributed by atoms with Crippen molar-refractivity contribution in [1.29, 1.82) is 0 Å². The van der Waals surface area contributed by atoms with E-state index in [0.29, 0.717) is 6.61 Å². The van der Waals surface area contributed by atoms with Gasteiger partial charge in [0.25, 0.3) is 0 Å². The molecule has 1 heterocycles. The lowest BCUT2D eigenvalue weighted by Gasteiger charge is -2.17. The average molecular weight is 100 g/mol. The summed E-state index contributed by atoms with van der Waals surface area (Å²) >= 11 is 0. The maximum Gasteiger partial charge on any atom is 0.0902 e. The van der Waals surface area contributed by atoms with Crippen molar-refractivity contribution in [2.75, 3.05) is 13.7 Å².